The molecule has 0 saturated carbocycles. The highest BCUT2D eigenvalue weighted by Gasteiger charge is 2.29. The zero-order chi connectivity index (χ0) is 18.0. The summed E-state index contributed by atoms with van der Waals surface area (Å²) < 4.78 is 32.8. The summed E-state index contributed by atoms with van der Waals surface area (Å²) >= 11 is 0. The number of nitrogens with zero attached hydrogens (tertiary/aromatic N) is 4. The first-order valence-electron chi connectivity index (χ1n) is 8.48. The summed E-state index contributed by atoms with van der Waals surface area (Å²) in [5, 5.41) is 8.10. The lowest BCUT2D eigenvalue weighted by molar-refractivity contribution is 0.167. The molecule has 0 N–H and O–H groups in total. The predicted molar refractivity (Wildman–Crippen MR) is 93.6 cm³/mol. The molecule has 2 aromatic rings. The molecular weight excluding hydrogens is 340 g/mol. The number of aromatic nitrogens is 2. The van der Waals surface area contributed by atoms with Crippen LogP contribution in [0.4, 0.5) is 0 Å². The van der Waals surface area contributed by atoms with Crippen LogP contribution in [0.25, 0.3) is 0 Å². The summed E-state index contributed by atoms with van der Waals surface area (Å²) in [4.78, 5) is 2.53. The van der Waals surface area contributed by atoms with Gasteiger partial charge in [-0.2, -0.15) is 4.31 Å². The lowest BCUT2D eigenvalue weighted by Crippen LogP contribution is -2.48. The Hall–Kier alpha value is -1.77. The molecule has 1 saturated heterocycles. The Kier molecular flexibility index (Phi) is 5.21. The maximum Gasteiger partial charge on any atom is 0.243 e. The van der Waals surface area contributed by atoms with Gasteiger partial charge in [-0.3, -0.25) is 4.90 Å². The van der Waals surface area contributed by atoms with Gasteiger partial charge in [-0.05, 0) is 18.6 Å². The fraction of sp³-hybridized carbons (Fsp3) is 0.529. The van der Waals surface area contributed by atoms with Gasteiger partial charge in [0.1, 0.15) is 0 Å². The Morgan fingerprint density at radius 2 is 1.80 bits per heavy atom. The molecule has 136 valence electrons. The minimum absolute atomic E-state index is 0.206. The standard InChI is InChI=1S/C17H24N4O3S/c1-13(2)17-19-18-16(24-17)12-20-8-10-21(11-9-20)25(22,23)15-7-5-4-6-14(15)3/h4-7,13H,8-12H2,1-3H3. The van der Waals surface area contributed by atoms with E-state index < -0.39 is 10.0 Å². The fourth-order valence-corrected chi connectivity index (χ4v) is 4.52. The van der Waals surface area contributed by atoms with Crippen LogP contribution in [0.3, 0.4) is 0 Å². The van der Waals surface area contributed by atoms with E-state index in [1.54, 1.807) is 16.4 Å². The Bertz CT molecular complexity index is 824. The molecule has 0 bridgehead atoms. The van der Waals surface area contributed by atoms with Crippen LogP contribution in [0.15, 0.2) is 33.6 Å². The predicted octanol–water partition coefficient (Wildman–Crippen LogP) is 2.01. The normalized spacial score (nSPS) is 17.3. The second kappa shape index (κ2) is 7.23. The monoisotopic (exact) mass is 364 g/mol. The van der Waals surface area contributed by atoms with Gasteiger partial charge in [0.15, 0.2) is 0 Å². The second-order valence-corrected chi connectivity index (χ2v) is 8.54. The molecule has 1 aromatic carbocycles. The van der Waals surface area contributed by atoms with Crippen molar-refractivity contribution in [2.24, 2.45) is 0 Å². The Morgan fingerprint density at radius 3 is 2.40 bits per heavy atom. The minimum Gasteiger partial charge on any atom is -0.424 e. The molecule has 25 heavy (non-hydrogen) atoms. The molecule has 1 aromatic heterocycles. The van der Waals surface area contributed by atoms with Gasteiger partial charge >= 0.3 is 0 Å². The number of aryl methyl sites for hydroxylation is 1. The van der Waals surface area contributed by atoms with Crippen LogP contribution in [0, 0.1) is 6.92 Å². The van der Waals surface area contributed by atoms with Crippen LogP contribution < -0.4 is 0 Å². The zero-order valence-electron chi connectivity index (χ0n) is 14.8. The van der Waals surface area contributed by atoms with E-state index in [9.17, 15) is 8.42 Å². The molecule has 1 aliphatic heterocycles. The molecule has 8 heteroatoms. The molecule has 0 spiro atoms. The average molecular weight is 364 g/mol. The largest absolute Gasteiger partial charge is 0.424 e. The lowest BCUT2D eigenvalue weighted by atomic mass is 10.2. The van der Waals surface area contributed by atoms with Crippen molar-refractivity contribution in [1.29, 1.82) is 0 Å². The Labute approximate surface area is 148 Å². The molecule has 0 radical (unpaired) electrons. The van der Waals surface area contributed by atoms with Crippen LogP contribution >= 0.6 is 0 Å². The van der Waals surface area contributed by atoms with E-state index in [0.717, 1.165) is 5.56 Å². The van der Waals surface area contributed by atoms with Crippen LogP contribution in [-0.4, -0.2) is 54.0 Å². The minimum atomic E-state index is -3.44. The highest BCUT2D eigenvalue weighted by Crippen LogP contribution is 2.21. The van der Waals surface area contributed by atoms with E-state index in [1.807, 2.05) is 32.9 Å². The van der Waals surface area contributed by atoms with Gasteiger partial charge < -0.3 is 4.42 Å². The van der Waals surface area contributed by atoms with Crippen molar-refractivity contribution in [1.82, 2.24) is 19.4 Å². The summed E-state index contributed by atoms with van der Waals surface area (Å²) in [5.74, 6) is 1.42. The fourth-order valence-electron chi connectivity index (χ4n) is 2.87. The van der Waals surface area contributed by atoms with E-state index in [0.29, 0.717) is 49.4 Å². The van der Waals surface area contributed by atoms with E-state index in [2.05, 4.69) is 15.1 Å². The number of sulfonamides is 1. The first kappa shape index (κ1) is 18.0. The van der Waals surface area contributed by atoms with E-state index >= 15 is 0 Å². The Balaban J connectivity index is 1.62. The number of rotatable bonds is 5. The number of hydrogen-bond acceptors (Lipinski definition) is 6. The summed E-state index contributed by atoms with van der Waals surface area (Å²) in [7, 11) is -3.44. The van der Waals surface area contributed by atoms with E-state index in [1.165, 1.54) is 0 Å². The Morgan fingerprint density at radius 1 is 1.12 bits per heavy atom. The molecule has 0 amide bonds. The van der Waals surface area contributed by atoms with Gasteiger partial charge in [0.2, 0.25) is 21.8 Å². The van der Waals surface area contributed by atoms with Crippen molar-refractivity contribution in [2.75, 3.05) is 26.2 Å². The summed E-state index contributed by atoms with van der Waals surface area (Å²) in [5.41, 5.74) is 0.775. The first-order valence-corrected chi connectivity index (χ1v) is 9.92. The quantitative estimate of drug-likeness (QED) is 0.807. The molecule has 3 rings (SSSR count). The van der Waals surface area contributed by atoms with Gasteiger partial charge in [-0.1, -0.05) is 32.0 Å². The average Bonchev–Trinajstić information content (AvgIpc) is 3.04. The topological polar surface area (TPSA) is 79.5 Å². The third kappa shape index (κ3) is 3.91. The number of hydrogen-bond donors (Lipinski definition) is 0. The molecule has 0 unspecified atom stereocenters. The van der Waals surface area contributed by atoms with Gasteiger partial charge in [-0.25, -0.2) is 8.42 Å². The van der Waals surface area contributed by atoms with Crippen LogP contribution in [0.2, 0.25) is 0 Å². The summed E-state index contributed by atoms with van der Waals surface area (Å²) in [6.45, 7) is 8.60. The number of benzene rings is 1. The van der Waals surface area contributed by atoms with Crippen LogP contribution in [0.5, 0.6) is 0 Å². The molecular formula is C17H24N4O3S. The van der Waals surface area contributed by atoms with Crippen molar-refractivity contribution in [3.63, 3.8) is 0 Å². The highest BCUT2D eigenvalue weighted by molar-refractivity contribution is 7.89. The summed E-state index contributed by atoms with van der Waals surface area (Å²) in [6, 6.07) is 7.11. The van der Waals surface area contributed by atoms with Crippen LogP contribution in [-0.2, 0) is 16.6 Å². The zero-order valence-corrected chi connectivity index (χ0v) is 15.7. The molecule has 1 fully saturated rings. The van der Waals surface area contributed by atoms with Gasteiger partial charge in [0.05, 0.1) is 11.4 Å². The van der Waals surface area contributed by atoms with Crippen molar-refractivity contribution >= 4 is 10.0 Å². The van der Waals surface area contributed by atoms with Gasteiger partial charge in [-0.15, -0.1) is 10.2 Å². The van der Waals surface area contributed by atoms with E-state index in [4.69, 9.17) is 4.42 Å². The van der Waals surface area contributed by atoms with Crippen LogP contribution in [0.1, 0.15) is 37.1 Å². The molecule has 0 atom stereocenters. The smallest absolute Gasteiger partial charge is 0.243 e. The van der Waals surface area contributed by atoms with Crippen molar-refractivity contribution < 1.29 is 12.8 Å². The van der Waals surface area contributed by atoms with Gasteiger partial charge in [0, 0.05) is 32.1 Å². The first-order chi connectivity index (χ1) is 11.9. The number of piperazine rings is 1. The molecule has 0 aliphatic carbocycles. The molecule has 1 aliphatic rings. The van der Waals surface area contributed by atoms with Gasteiger partial charge in [0.25, 0.3) is 0 Å². The van der Waals surface area contributed by atoms with Crippen molar-refractivity contribution in [3.8, 4) is 0 Å². The highest BCUT2D eigenvalue weighted by atomic mass is 32.2. The third-order valence-electron chi connectivity index (χ3n) is 4.38. The SMILES string of the molecule is Cc1ccccc1S(=O)(=O)N1CCN(Cc2nnc(C(C)C)o2)CC1. The third-order valence-corrected chi connectivity index (χ3v) is 6.44. The van der Waals surface area contributed by atoms with Crippen molar-refractivity contribution in [2.45, 2.75) is 38.1 Å². The summed E-state index contributed by atoms with van der Waals surface area (Å²) in [6.07, 6.45) is 0. The lowest BCUT2D eigenvalue weighted by Gasteiger charge is -2.33. The maximum absolute atomic E-state index is 12.8. The maximum atomic E-state index is 12.8. The second-order valence-electron chi connectivity index (χ2n) is 6.63. The van der Waals surface area contributed by atoms with Crippen molar-refractivity contribution in [3.05, 3.63) is 41.6 Å². The molecule has 2 heterocycles. The van der Waals surface area contributed by atoms with E-state index in [-0.39, 0.29) is 5.92 Å². The molecule has 7 nitrogen and oxygen atoms in total.